The lowest BCUT2D eigenvalue weighted by molar-refractivity contribution is -0.127. The van der Waals surface area contributed by atoms with E-state index in [9.17, 15) is 4.79 Å². The summed E-state index contributed by atoms with van der Waals surface area (Å²) in [7, 11) is 0. The number of nitrogens with one attached hydrogen (secondary N) is 1. The van der Waals surface area contributed by atoms with Gasteiger partial charge in [0.2, 0.25) is 5.91 Å². The summed E-state index contributed by atoms with van der Waals surface area (Å²) in [6.07, 6.45) is 8.81. The van der Waals surface area contributed by atoms with E-state index in [1.807, 2.05) is 0 Å². The first kappa shape index (κ1) is 14.3. The van der Waals surface area contributed by atoms with Crippen molar-refractivity contribution in [3.8, 4) is 6.07 Å². The Balaban J connectivity index is 2.18. The van der Waals surface area contributed by atoms with Crippen LogP contribution in [0.25, 0.3) is 0 Å². The smallest absolute Gasteiger partial charge is 0.238 e. The van der Waals surface area contributed by atoms with Gasteiger partial charge in [0.1, 0.15) is 6.04 Å². The average Bonchev–Trinajstić information content (AvgIpc) is 2.72. The van der Waals surface area contributed by atoms with Crippen LogP contribution in [0.1, 0.15) is 58.3 Å². The van der Waals surface area contributed by atoms with E-state index in [4.69, 9.17) is 5.26 Å². The molecule has 1 N–H and O–H groups in total. The Bertz CT molecular complexity index is 342. The Hall–Kier alpha value is -1.08. The molecule has 2 unspecified atom stereocenters. The van der Waals surface area contributed by atoms with Crippen molar-refractivity contribution >= 4 is 5.91 Å². The quantitative estimate of drug-likeness (QED) is 0.777. The summed E-state index contributed by atoms with van der Waals surface area (Å²) in [5.74, 6) is 0.0511. The predicted molar refractivity (Wildman–Crippen MR) is 74.4 cm³/mol. The fourth-order valence-corrected chi connectivity index (χ4v) is 3.57. The maximum Gasteiger partial charge on any atom is 0.238 e. The van der Waals surface area contributed by atoms with Crippen molar-refractivity contribution < 1.29 is 4.79 Å². The van der Waals surface area contributed by atoms with Crippen molar-refractivity contribution in [2.24, 2.45) is 0 Å². The van der Waals surface area contributed by atoms with E-state index in [-0.39, 0.29) is 11.9 Å². The molecule has 2 rings (SSSR count). The third-order valence-corrected chi connectivity index (χ3v) is 4.56. The van der Waals surface area contributed by atoms with Gasteiger partial charge in [-0.25, -0.2) is 0 Å². The second kappa shape index (κ2) is 6.91. The molecule has 2 aliphatic rings. The Morgan fingerprint density at radius 3 is 2.58 bits per heavy atom. The molecule has 106 valence electrons. The van der Waals surface area contributed by atoms with Crippen molar-refractivity contribution in [2.75, 3.05) is 6.54 Å². The van der Waals surface area contributed by atoms with E-state index in [0.29, 0.717) is 18.5 Å². The van der Waals surface area contributed by atoms with Gasteiger partial charge in [0.05, 0.1) is 12.5 Å². The number of nitrogens with zero attached hydrogens (tertiary/aromatic N) is 2. The van der Waals surface area contributed by atoms with Crippen LogP contribution in [-0.2, 0) is 4.79 Å². The van der Waals surface area contributed by atoms with Gasteiger partial charge in [-0.05, 0) is 26.2 Å². The van der Waals surface area contributed by atoms with E-state index in [2.05, 4.69) is 23.2 Å². The summed E-state index contributed by atoms with van der Waals surface area (Å²) in [6.45, 7) is 2.95. The zero-order valence-electron chi connectivity index (χ0n) is 11.9. The lowest BCUT2D eigenvalue weighted by Crippen LogP contribution is -2.51. The number of hydrogen-bond donors (Lipinski definition) is 1. The van der Waals surface area contributed by atoms with Crippen molar-refractivity contribution in [1.29, 1.82) is 5.26 Å². The van der Waals surface area contributed by atoms with Crippen LogP contribution in [0.3, 0.4) is 0 Å². The van der Waals surface area contributed by atoms with Crippen molar-refractivity contribution in [3.05, 3.63) is 0 Å². The monoisotopic (exact) mass is 263 g/mol. The minimum atomic E-state index is -0.245. The molecule has 0 radical (unpaired) electrons. The molecule has 4 heteroatoms. The highest BCUT2D eigenvalue weighted by molar-refractivity contribution is 5.82. The summed E-state index contributed by atoms with van der Waals surface area (Å²) >= 11 is 0. The minimum Gasteiger partial charge on any atom is -0.355 e. The van der Waals surface area contributed by atoms with Crippen LogP contribution in [0.2, 0.25) is 0 Å². The summed E-state index contributed by atoms with van der Waals surface area (Å²) in [6, 6.07) is 2.83. The van der Waals surface area contributed by atoms with Gasteiger partial charge in [-0.15, -0.1) is 0 Å². The molecule has 1 saturated heterocycles. The molecular formula is C15H25N3O. The minimum absolute atomic E-state index is 0.0511. The molecule has 19 heavy (non-hydrogen) atoms. The zero-order chi connectivity index (χ0) is 13.7. The second-order valence-electron chi connectivity index (χ2n) is 5.90. The van der Waals surface area contributed by atoms with Crippen LogP contribution in [0.15, 0.2) is 0 Å². The van der Waals surface area contributed by atoms with Crippen LogP contribution in [0, 0.1) is 11.3 Å². The second-order valence-corrected chi connectivity index (χ2v) is 5.90. The van der Waals surface area contributed by atoms with E-state index < -0.39 is 0 Å². The summed E-state index contributed by atoms with van der Waals surface area (Å²) < 4.78 is 0. The van der Waals surface area contributed by atoms with Gasteiger partial charge in [-0.1, -0.05) is 25.7 Å². The van der Waals surface area contributed by atoms with Crippen LogP contribution in [0.4, 0.5) is 0 Å². The summed E-state index contributed by atoms with van der Waals surface area (Å²) in [5.41, 5.74) is 0. The van der Waals surface area contributed by atoms with Gasteiger partial charge in [-0.3, -0.25) is 9.69 Å². The van der Waals surface area contributed by atoms with E-state index in [1.165, 1.54) is 38.5 Å². The predicted octanol–water partition coefficient (Wildman–Crippen LogP) is 2.20. The fourth-order valence-electron chi connectivity index (χ4n) is 3.57. The molecule has 4 nitrogen and oxygen atoms in total. The molecule has 1 aliphatic heterocycles. The van der Waals surface area contributed by atoms with E-state index >= 15 is 0 Å². The topological polar surface area (TPSA) is 56.1 Å². The van der Waals surface area contributed by atoms with Crippen LogP contribution in [-0.4, -0.2) is 35.5 Å². The largest absolute Gasteiger partial charge is 0.355 e. The molecule has 0 aromatic carbocycles. The number of rotatable bonds is 2. The molecule has 2 atom stereocenters. The maximum absolute atomic E-state index is 12.2. The normalized spacial score (nSPS) is 31.1. The average molecular weight is 263 g/mol. The van der Waals surface area contributed by atoms with Gasteiger partial charge in [0.15, 0.2) is 0 Å². The molecule has 2 fully saturated rings. The molecular weight excluding hydrogens is 238 g/mol. The number of carbonyl (C=O) groups excluding carboxylic acids is 1. The molecule has 1 aliphatic carbocycles. The first-order chi connectivity index (χ1) is 9.24. The molecule has 0 aromatic rings. The van der Waals surface area contributed by atoms with Gasteiger partial charge in [0, 0.05) is 18.6 Å². The molecule has 0 aromatic heterocycles. The Kier molecular flexibility index (Phi) is 5.21. The van der Waals surface area contributed by atoms with Crippen molar-refractivity contribution in [2.45, 2.75) is 76.4 Å². The Labute approximate surface area is 116 Å². The molecule has 0 bridgehead atoms. The van der Waals surface area contributed by atoms with E-state index in [1.54, 1.807) is 0 Å². The highest BCUT2D eigenvalue weighted by Crippen LogP contribution is 2.28. The molecule has 1 amide bonds. The van der Waals surface area contributed by atoms with Gasteiger partial charge in [-0.2, -0.15) is 5.26 Å². The maximum atomic E-state index is 12.2. The summed E-state index contributed by atoms with van der Waals surface area (Å²) in [4.78, 5) is 14.5. The number of carbonyl (C=O) groups is 1. The van der Waals surface area contributed by atoms with Crippen LogP contribution in [0.5, 0.6) is 0 Å². The molecule has 1 saturated carbocycles. The first-order valence-electron chi connectivity index (χ1n) is 7.66. The van der Waals surface area contributed by atoms with Crippen molar-refractivity contribution in [3.63, 3.8) is 0 Å². The Morgan fingerprint density at radius 2 is 1.95 bits per heavy atom. The highest BCUT2D eigenvalue weighted by atomic mass is 16.2. The zero-order valence-corrected chi connectivity index (χ0v) is 11.9. The van der Waals surface area contributed by atoms with Gasteiger partial charge in [0.25, 0.3) is 0 Å². The lowest BCUT2D eigenvalue weighted by Gasteiger charge is -2.38. The van der Waals surface area contributed by atoms with E-state index in [0.717, 1.165) is 13.0 Å². The summed E-state index contributed by atoms with van der Waals surface area (Å²) in [5, 5.41) is 12.0. The fraction of sp³-hybridized carbons (Fsp3) is 0.867. The van der Waals surface area contributed by atoms with Gasteiger partial charge < -0.3 is 5.32 Å². The highest BCUT2D eigenvalue weighted by Gasteiger charge is 2.36. The molecule has 1 heterocycles. The lowest BCUT2D eigenvalue weighted by atomic mass is 9.99. The standard InChI is InChI=1S/C15H25N3O/c1-12-9-11-17-15(19)14(8-10-16)18(12)13-6-4-2-3-5-7-13/h12-14H,2-9,11H2,1H3,(H,17,19). The SMILES string of the molecule is CC1CCNC(=O)C(CC#N)N1C1CCCCCC1. The number of nitriles is 1. The number of hydrogen-bond acceptors (Lipinski definition) is 3. The third-order valence-electron chi connectivity index (χ3n) is 4.56. The third kappa shape index (κ3) is 3.48. The first-order valence-corrected chi connectivity index (χ1v) is 7.66. The Morgan fingerprint density at radius 1 is 1.26 bits per heavy atom. The van der Waals surface area contributed by atoms with Crippen LogP contribution < -0.4 is 5.32 Å². The van der Waals surface area contributed by atoms with Gasteiger partial charge >= 0.3 is 0 Å². The van der Waals surface area contributed by atoms with Crippen LogP contribution >= 0.6 is 0 Å². The molecule has 0 spiro atoms. The van der Waals surface area contributed by atoms with Crippen molar-refractivity contribution in [1.82, 2.24) is 10.2 Å². The number of amides is 1.